The van der Waals surface area contributed by atoms with Gasteiger partial charge in [-0.25, -0.2) is 23.7 Å². The Hall–Kier alpha value is -5.63. The highest BCUT2D eigenvalue weighted by Crippen LogP contribution is 2.47. The number of rotatable bonds is 3. The first-order chi connectivity index (χ1) is 23.6. The van der Waals surface area contributed by atoms with E-state index in [1.165, 1.54) is 34.8 Å². The summed E-state index contributed by atoms with van der Waals surface area (Å²) in [7, 11) is 0. The Bertz CT molecular complexity index is 2750. The number of hydrogen-bond donors (Lipinski definition) is 0. The van der Waals surface area contributed by atoms with Crippen molar-refractivity contribution in [2.24, 2.45) is 0 Å². The molecule has 0 aliphatic rings. The molecule has 0 unspecified atom stereocenters. The van der Waals surface area contributed by atoms with Crippen molar-refractivity contribution in [3.8, 4) is 34.2 Å². The Balaban J connectivity index is 1.36. The molecule has 3 aromatic heterocycles. The molecule has 0 radical (unpaired) electrons. The Labute approximate surface area is 280 Å². The summed E-state index contributed by atoms with van der Waals surface area (Å²) in [6, 6.07) is 40.9. The second-order valence-corrected chi connectivity index (χ2v) is 13.8. The van der Waals surface area contributed by atoms with Gasteiger partial charge in [0.2, 0.25) is 0 Å². The molecule has 0 spiro atoms. The van der Waals surface area contributed by atoms with Gasteiger partial charge in [-0.3, -0.25) is 0 Å². The van der Waals surface area contributed by atoms with E-state index in [4.69, 9.17) is 15.0 Å². The predicted molar refractivity (Wildman–Crippen MR) is 197 cm³/mol. The van der Waals surface area contributed by atoms with Crippen LogP contribution in [0.4, 0.5) is 8.78 Å². The van der Waals surface area contributed by atoms with Crippen LogP contribution in [0.15, 0.2) is 127 Å². The zero-order valence-corrected chi connectivity index (χ0v) is 26.7. The summed E-state index contributed by atoms with van der Waals surface area (Å²) in [5.41, 5.74) is 2.46. The fourth-order valence-corrected chi connectivity index (χ4v) is 9.42. The Morgan fingerprint density at radius 3 is 1.35 bits per heavy atom. The van der Waals surface area contributed by atoms with E-state index in [0.29, 0.717) is 26.9 Å². The van der Waals surface area contributed by atoms with Gasteiger partial charge in [-0.15, -0.1) is 22.7 Å². The molecule has 0 atom stereocenters. The second-order valence-electron chi connectivity index (χ2n) is 11.8. The van der Waals surface area contributed by atoms with Crippen molar-refractivity contribution in [2.75, 3.05) is 0 Å². The molecule has 48 heavy (non-hydrogen) atoms. The van der Waals surface area contributed by atoms with E-state index in [9.17, 15) is 0 Å². The molecule has 0 saturated heterocycles. The lowest BCUT2D eigenvalue weighted by Crippen LogP contribution is -2.01. The first-order valence-electron chi connectivity index (χ1n) is 15.5. The molecule has 0 saturated carbocycles. The molecule has 0 bridgehead atoms. The Morgan fingerprint density at radius 2 is 0.833 bits per heavy atom. The fraction of sp³-hybridized carbons (Fsp3) is 0. The lowest BCUT2D eigenvalue weighted by molar-refractivity contribution is 0.641. The van der Waals surface area contributed by atoms with Crippen LogP contribution in [-0.4, -0.2) is 15.0 Å². The Morgan fingerprint density at radius 1 is 0.396 bits per heavy atom. The SMILES string of the molecule is Fc1cccc2c1sc1c3ccccc3cc(-c3nc(-c4ccccc4)nc(-c4cc5ccccc5c5sc6c(F)cccc6c45)n3)c21. The van der Waals surface area contributed by atoms with Gasteiger partial charge in [0.15, 0.2) is 17.5 Å². The maximum absolute atomic E-state index is 15.3. The molecule has 0 aliphatic carbocycles. The van der Waals surface area contributed by atoms with Crippen LogP contribution in [-0.2, 0) is 0 Å². The van der Waals surface area contributed by atoms with Crippen molar-refractivity contribution in [2.45, 2.75) is 0 Å². The van der Waals surface area contributed by atoms with Crippen molar-refractivity contribution in [1.82, 2.24) is 15.0 Å². The molecule has 226 valence electrons. The number of halogens is 2. The average Bonchev–Trinajstić information content (AvgIpc) is 3.73. The van der Waals surface area contributed by atoms with E-state index < -0.39 is 0 Å². The van der Waals surface area contributed by atoms with Crippen LogP contribution in [0.2, 0.25) is 0 Å². The van der Waals surface area contributed by atoms with Crippen molar-refractivity contribution in [3.05, 3.63) is 139 Å². The summed E-state index contributed by atoms with van der Waals surface area (Å²) < 4.78 is 33.7. The monoisotopic (exact) mass is 657 g/mol. The van der Waals surface area contributed by atoms with Crippen molar-refractivity contribution in [1.29, 1.82) is 0 Å². The maximum Gasteiger partial charge on any atom is 0.164 e. The summed E-state index contributed by atoms with van der Waals surface area (Å²) in [6.07, 6.45) is 0. The van der Waals surface area contributed by atoms with Gasteiger partial charge >= 0.3 is 0 Å². The van der Waals surface area contributed by atoms with Gasteiger partial charge in [-0.05, 0) is 45.8 Å². The summed E-state index contributed by atoms with van der Waals surface area (Å²) in [4.78, 5) is 15.4. The number of nitrogens with zero attached hydrogens (tertiary/aromatic N) is 3. The predicted octanol–water partition coefficient (Wildman–Crippen LogP) is 12.2. The third kappa shape index (κ3) is 4.05. The summed E-state index contributed by atoms with van der Waals surface area (Å²) in [6.45, 7) is 0. The number of fused-ring (bicyclic) bond motifs is 10. The molecule has 10 aromatic rings. The van der Waals surface area contributed by atoms with Crippen LogP contribution >= 0.6 is 22.7 Å². The van der Waals surface area contributed by atoms with Gasteiger partial charge in [-0.1, -0.05) is 103 Å². The molecule has 10 rings (SSSR count). The van der Waals surface area contributed by atoms with Gasteiger partial charge < -0.3 is 0 Å². The molecule has 3 nitrogen and oxygen atoms in total. The molecular formula is C41H21F2N3S2. The minimum atomic E-state index is -0.250. The number of hydrogen-bond acceptors (Lipinski definition) is 5. The highest BCUT2D eigenvalue weighted by Gasteiger charge is 2.23. The van der Waals surface area contributed by atoms with Crippen LogP contribution in [0.25, 0.3) is 96.1 Å². The van der Waals surface area contributed by atoms with Gasteiger partial charge in [0.05, 0.1) is 9.40 Å². The fourth-order valence-electron chi connectivity index (χ4n) is 6.88. The molecule has 3 heterocycles. The topological polar surface area (TPSA) is 38.7 Å². The number of thiophene rings is 2. The minimum absolute atomic E-state index is 0.250. The lowest BCUT2D eigenvalue weighted by Gasteiger charge is -2.12. The van der Waals surface area contributed by atoms with Crippen molar-refractivity contribution in [3.63, 3.8) is 0 Å². The largest absolute Gasteiger partial charge is 0.208 e. The molecule has 0 N–H and O–H groups in total. The standard InChI is InChI=1S/C41H21F2N3S2/c42-31-18-8-16-27-33-29(20-23-12-4-6-14-25(23)37(33)47-35(27)31)40-44-39(22-10-2-1-3-11-22)45-41(46-40)30-21-24-13-5-7-15-26(24)38-34(30)28-17-9-19-32(43)36(28)48-38/h1-21H. The molecule has 7 heteroatoms. The minimum Gasteiger partial charge on any atom is -0.208 e. The van der Waals surface area contributed by atoms with Crippen LogP contribution in [0.5, 0.6) is 0 Å². The summed E-state index contributed by atoms with van der Waals surface area (Å²) in [5, 5.41) is 7.62. The van der Waals surface area contributed by atoms with Crippen LogP contribution < -0.4 is 0 Å². The van der Waals surface area contributed by atoms with Gasteiger partial charge in [0, 0.05) is 47.6 Å². The van der Waals surface area contributed by atoms with Gasteiger partial charge in [0.1, 0.15) is 11.6 Å². The van der Waals surface area contributed by atoms with E-state index in [1.54, 1.807) is 12.1 Å². The zero-order chi connectivity index (χ0) is 31.9. The first-order valence-corrected chi connectivity index (χ1v) is 17.1. The third-order valence-corrected chi connectivity index (χ3v) is 11.5. The van der Waals surface area contributed by atoms with E-state index in [2.05, 4.69) is 36.4 Å². The smallest absolute Gasteiger partial charge is 0.164 e. The highest BCUT2D eigenvalue weighted by atomic mass is 32.1. The highest BCUT2D eigenvalue weighted by molar-refractivity contribution is 7.27. The van der Waals surface area contributed by atoms with Crippen molar-refractivity contribution >= 4 is 84.6 Å². The van der Waals surface area contributed by atoms with Gasteiger partial charge in [-0.2, -0.15) is 0 Å². The van der Waals surface area contributed by atoms with E-state index >= 15 is 8.78 Å². The van der Waals surface area contributed by atoms with E-state index in [1.807, 2.05) is 66.7 Å². The van der Waals surface area contributed by atoms with E-state index in [0.717, 1.165) is 69.2 Å². The third-order valence-electron chi connectivity index (χ3n) is 9.03. The molecule has 0 amide bonds. The second kappa shape index (κ2) is 10.4. The van der Waals surface area contributed by atoms with Crippen molar-refractivity contribution < 1.29 is 8.78 Å². The molecular weight excluding hydrogens is 637 g/mol. The number of benzene rings is 7. The molecule has 7 aromatic carbocycles. The maximum atomic E-state index is 15.3. The van der Waals surface area contributed by atoms with Gasteiger partial charge in [0.25, 0.3) is 0 Å². The Kier molecular flexibility index (Phi) is 5.98. The molecule has 0 fully saturated rings. The van der Waals surface area contributed by atoms with Crippen LogP contribution in [0.3, 0.4) is 0 Å². The van der Waals surface area contributed by atoms with Crippen LogP contribution in [0, 0.1) is 11.6 Å². The summed E-state index contributed by atoms with van der Waals surface area (Å²) in [5.74, 6) is 1.01. The van der Waals surface area contributed by atoms with E-state index in [-0.39, 0.29) is 11.6 Å². The lowest BCUT2D eigenvalue weighted by atomic mass is 9.98. The summed E-state index contributed by atoms with van der Waals surface area (Å²) >= 11 is 2.91. The quantitative estimate of drug-likeness (QED) is 0.190. The molecule has 0 aliphatic heterocycles. The average molecular weight is 658 g/mol. The van der Waals surface area contributed by atoms with Crippen LogP contribution in [0.1, 0.15) is 0 Å². The zero-order valence-electron chi connectivity index (χ0n) is 25.0. The number of aromatic nitrogens is 3. The normalized spacial score (nSPS) is 12.0. The first kappa shape index (κ1) is 27.5.